The molecule has 0 aromatic rings. The maximum atomic E-state index is 10.5. The van der Waals surface area contributed by atoms with Crippen LogP contribution in [0.15, 0.2) is 24.3 Å². The fourth-order valence-electron chi connectivity index (χ4n) is 3.75. The average molecular weight is 336 g/mol. The Morgan fingerprint density at radius 3 is 2.54 bits per heavy atom. The quantitative estimate of drug-likeness (QED) is 0.344. The normalized spacial score (nSPS) is 30.6. The second-order valence-electron chi connectivity index (χ2n) is 7.05. The number of rotatable bonds is 11. The lowest BCUT2D eigenvalue weighted by Gasteiger charge is -2.28. The van der Waals surface area contributed by atoms with Gasteiger partial charge in [0.2, 0.25) is 0 Å². The van der Waals surface area contributed by atoms with Gasteiger partial charge >= 0.3 is 5.97 Å². The number of aliphatic hydroxyl groups excluding tert-OH is 1. The summed E-state index contributed by atoms with van der Waals surface area (Å²) in [5, 5.41) is 18.8. The molecular weight excluding hydrogens is 304 g/mol. The van der Waals surface area contributed by atoms with Gasteiger partial charge in [-0.3, -0.25) is 15.6 Å². The van der Waals surface area contributed by atoms with E-state index in [2.05, 4.69) is 36.0 Å². The van der Waals surface area contributed by atoms with Crippen LogP contribution in [0.25, 0.3) is 0 Å². The predicted octanol–water partition coefficient (Wildman–Crippen LogP) is 2.78. The fourth-order valence-corrected chi connectivity index (χ4v) is 3.75. The van der Waals surface area contributed by atoms with Crippen LogP contribution >= 0.6 is 0 Å². The number of aliphatic hydroxyl groups is 1. The van der Waals surface area contributed by atoms with Gasteiger partial charge in [-0.25, -0.2) is 0 Å². The van der Waals surface area contributed by atoms with E-state index in [-0.39, 0.29) is 12.5 Å². The van der Waals surface area contributed by atoms with E-state index in [9.17, 15) is 9.90 Å². The molecule has 1 saturated carbocycles. The van der Waals surface area contributed by atoms with Crippen molar-refractivity contribution >= 4 is 5.97 Å². The Morgan fingerprint density at radius 1 is 1.17 bits per heavy atom. The van der Waals surface area contributed by atoms with Crippen LogP contribution in [0.2, 0.25) is 0 Å². The lowest BCUT2D eigenvalue weighted by atomic mass is 9.89. The number of unbranched alkanes of at least 4 members (excludes halogenated alkanes) is 3. The Balaban J connectivity index is 1.82. The zero-order chi connectivity index (χ0) is 17.4. The first kappa shape index (κ1) is 19.2. The smallest absolute Gasteiger partial charge is 0.303 e. The van der Waals surface area contributed by atoms with Crippen molar-refractivity contribution in [3.05, 3.63) is 24.3 Å². The van der Waals surface area contributed by atoms with E-state index in [0.29, 0.717) is 30.3 Å². The van der Waals surface area contributed by atoms with Crippen LogP contribution in [0.3, 0.4) is 0 Å². The number of carbonyl (C=O) groups is 1. The maximum absolute atomic E-state index is 10.5. The molecular formula is C19H32N2O3. The Kier molecular flexibility index (Phi) is 7.95. The van der Waals surface area contributed by atoms with Crippen molar-refractivity contribution in [2.75, 3.05) is 0 Å². The topological polar surface area (TPSA) is 81.6 Å². The third kappa shape index (κ3) is 5.72. The monoisotopic (exact) mass is 336 g/mol. The Labute approximate surface area is 145 Å². The fraction of sp³-hybridized carbons (Fsp3) is 0.737. The van der Waals surface area contributed by atoms with Gasteiger partial charge in [0.1, 0.15) is 0 Å². The molecule has 1 heterocycles. The van der Waals surface area contributed by atoms with Crippen molar-refractivity contribution < 1.29 is 15.0 Å². The molecule has 1 aliphatic heterocycles. The van der Waals surface area contributed by atoms with E-state index >= 15 is 0 Å². The van der Waals surface area contributed by atoms with E-state index in [1.54, 1.807) is 0 Å². The molecule has 0 aromatic carbocycles. The lowest BCUT2D eigenvalue weighted by Crippen LogP contribution is -2.47. The molecule has 1 unspecified atom stereocenters. The van der Waals surface area contributed by atoms with Crippen molar-refractivity contribution in [2.24, 2.45) is 11.8 Å². The molecule has 5 heteroatoms. The molecule has 2 bridgehead atoms. The number of hydrogen-bond acceptors (Lipinski definition) is 4. The highest BCUT2D eigenvalue weighted by atomic mass is 16.4. The number of hydrazine groups is 1. The van der Waals surface area contributed by atoms with Crippen LogP contribution < -0.4 is 10.9 Å². The van der Waals surface area contributed by atoms with Crippen LogP contribution in [-0.4, -0.2) is 34.4 Å². The SMILES string of the molecule is CCCCC[C@H](O)/C=C/C1[C@@H](/C=C\CCCC(=O)O)[C@@H]2C[C@H]1NN2. The van der Waals surface area contributed by atoms with Crippen molar-refractivity contribution in [3.63, 3.8) is 0 Å². The minimum Gasteiger partial charge on any atom is -0.481 e. The molecule has 4 N–H and O–H groups in total. The van der Waals surface area contributed by atoms with Gasteiger partial charge in [0.25, 0.3) is 0 Å². The van der Waals surface area contributed by atoms with Crippen LogP contribution in [-0.2, 0) is 4.79 Å². The molecule has 1 aliphatic carbocycles. The van der Waals surface area contributed by atoms with Gasteiger partial charge in [-0.15, -0.1) is 0 Å². The molecule has 2 aliphatic rings. The van der Waals surface area contributed by atoms with Gasteiger partial charge in [-0.1, -0.05) is 50.5 Å². The predicted molar refractivity (Wildman–Crippen MR) is 95.4 cm³/mol. The largest absolute Gasteiger partial charge is 0.481 e. The summed E-state index contributed by atoms with van der Waals surface area (Å²) in [4.78, 5) is 10.5. The van der Waals surface area contributed by atoms with Gasteiger partial charge in [0.15, 0.2) is 0 Å². The first-order valence-electron chi connectivity index (χ1n) is 9.37. The first-order valence-corrected chi connectivity index (χ1v) is 9.37. The van der Waals surface area contributed by atoms with E-state index in [4.69, 9.17) is 5.11 Å². The molecule has 0 spiro atoms. The van der Waals surface area contributed by atoms with Crippen molar-refractivity contribution in [3.8, 4) is 0 Å². The Morgan fingerprint density at radius 2 is 1.88 bits per heavy atom. The molecule has 2 fully saturated rings. The zero-order valence-electron chi connectivity index (χ0n) is 14.7. The summed E-state index contributed by atoms with van der Waals surface area (Å²) in [6.45, 7) is 2.17. The Hall–Kier alpha value is -1.17. The van der Waals surface area contributed by atoms with E-state index in [1.807, 2.05) is 6.08 Å². The third-order valence-corrected chi connectivity index (χ3v) is 5.11. The summed E-state index contributed by atoms with van der Waals surface area (Å²) < 4.78 is 0. The van der Waals surface area contributed by atoms with Gasteiger partial charge in [-0.05, 0) is 25.7 Å². The van der Waals surface area contributed by atoms with Crippen molar-refractivity contribution in [1.82, 2.24) is 10.9 Å². The molecule has 5 atom stereocenters. The molecule has 1 saturated heterocycles. The molecule has 0 aromatic heterocycles. The van der Waals surface area contributed by atoms with Gasteiger partial charge in [0, 0.05) is 30.3 Å². The molecule has 5 nitrogen and oxygen atoms in total. The summed E-state index contributed by atoms with van der Waals surface area (Å²) in [6.07, 6.45) is 15.3. The molecule has 0 radical (unpaired) electrons. The van der Waals surface area contributed by atoms with Crippen LogP contribution in [0.1, 0.15) is 58.3 Å². The van der Waals surface area contributed by atoms with Crippen LogP contribution in [0.5, 0.6) is 0 Å². The minimum atomic E-state index is -0.730. The van der Waals surface area contributed by atoms with Crippen molar-refractivity contribution in [1.29, 1.82) is 0 Å². The van der Waals surface area contributed by atoms with Gasteiger partial charge in [-0.2, -0.15) is 0 Å². The average Bonchev–Trinajstić information content (AvgIpc) is 3.14. The molecule has 0 amide bonds. The van der Waals surface area contributed by atoms with E-state index in [1.165, 1.54) is 12.8 Å². The number of carboxylic acids is 1. The summed E-state index contributed by atoms with van der Waals surface area (Å²) in [5.74, 6) is 0.0834. The van der Waals surface area contributed by atoms with E-state index < -0.39 is 5.97 Å². The maximum Gasteiger partial charge on any atom is 0.303 e. The van der Waals surface area contributed by atoms with Crippen LogP contribution in [0, 0.1) is 11.8 Å². The number of aliphatic carboxylic acids is 1. The highest BCUT2D eigenvalue weighted by Crippen LogP contribution is 2.38. The van der Waals surface area contributed by atoms with Crippen molar-refractivity contribution in [2.45, 2.75) is 76.5 Å². The summed E-state index contributed by atoms with van der Waals surface area (Å²) in [6, 6.07) is 0.848. The summed E-state index contributed by atoms with van der Waals surface area (Å²) in [5.41, 5.74) is 6.67. The standard InChI is InChI=1S/C19H32N2O3/c1-2-3-5-8-14(22)11-12-16-15(17-13-18(16)21-20-17)9-6-4-7-10-19(23)24/h6,9,11-12,14-18,20-22H,2-5,7-8,10,13H2,1H3,(H,23,24)/b9-6-,12-11+/t14-,15+,16?,17-,18+/m0/s1. The number of hydrogen-bond donors (Lipinski definition) is 4. The number of nitrogens with one attached hydrogen (secondary N) is 2. The van der Waals surface area contributed by atoms with E-state index in [0.717, 1.165) is 25.7 Å². The molecule has 24 heavy (non-hydrogen) atoms. The highest BCUT2D eigenvalue weighted by Gasteiger charge is 2.45. The summed E-state index contributed by atoms with van der Waals surface area (Å²) in [7, 11) is 0. The third-order valence-electron chi connectivity index (χ3n) is 5.11. The van der Waals surface area contributed by atoms with Gasteiger partial charge in [0.05, 0.1) is 6.10 Å². The summed E-state index contributed by atoms with van der Waals surface area (Å²) >= 11 is 0. The molecule has 136 valence electrons. The lowest BCUT2D eigenvalue weighted by molar-refractivity contribution is -0.137. The van der Waals surface area contributed by atoms with Crippen LogP contribution in [0.4, 0.5) is 0 Å². The Bertz CT molecular complexity index is 450. The second-order valence-corrected chi connectivity index (χ2v) is 7.05. The highest BCUT2D eigenvalue weighted by molar-refractivity contribution is 5.66. The van der Waals surface area contributed by atoms with Gasteiger partial charge < -0.3 is 10.2 Å². The minimum absolute atomic E-state index is 0.230. The first-order chi connectivity index (χ1) is 11.6. The second kappa shape index (κ2) is 9.97. The number of fused-ring (bicyclic) bond motifs is 2. The molecule has 2 rings (SSSR count). The number of allylic oxidation sites excluding steroid dienone is 1. The zero-order valence-corrected chi connectivity index (χ0v) is 14.7. The number of carboxylic acid groups (broad SMARTS) is 1.